The standard InChI is InChI=1S/C37H44O3/c1-22-15-26(11-13-32(22)38)35(5,6)29-19-30(36(7,8)27-12-14-33(39)23(2)16-27)21-31(20-29)37(9,10)28-17-24(3)34(40)25(4)18-28/h11-21,38-40H,1-10H3. The van der Waals surface area contributed by atoms with E-state index in [1.54, 1.807) is 12.1 Å². The van der Waals surface area contributed by atoms with E-state index in [0.29, 0.717) is 17.2 Å². The molecule has 0 amide bonds. The molecule has 0 aromatic heterocycles. The van der Waals surface area contributed by atoms with Crippen LogP contribution in [-0.2, 0) is 16.2 Å². The van der Waals surface area contributed by atoms with E-state index >= 15 is 0 Å². The van der Waals surface area contributed by atoms with E-state index in [0.717, 1.165) is 38.9 Å². The lowest BCUT2D eigenvalue weighted by Gasteiger charge is -2.35. The van der Waals surface area contributed by atoms with Gasteiger partial charge >= 0.3 is 0 Å². The van der Waals surface area contributed by atoms with Gasteiger partial charge in [0.2, 0.25) is 0 Å². The number of benzene rings is 4. The van der Waals surface area contributed by atoms with Crippen molar-refractivity contribution in [2.24, 2.45) is 0 Å². The van der Waals surface area contributed by atoms with E-state index in [-0.39, 0.29) is 16.2 Å². The van der Waals surface area contributed by atoms with Crippen molar-refractivity contribution in [2.45, 2.75) is 85.5 Å². The van der Waals surface area contributed by atoms with E-state index in [1.165, 1.54) is 16.7 Å². The molecule has 210 valence electrons. The van der Waals surface area contributed by atoms with Crippen LogP contribution in [-0.4, -0.2) is 15.3 Å². The number of aromatic hydroxyl groups is 3. The molecule has 3 heteroatoms. The van der Waals surface area contributed by atoms with Crippen molar-refractivity contribution >= 4 is 0 Å². The topological polar surface area (TPSA) is 60.7 Å². The maximum atomic E-state index is 10.5. The van der Waals surface area contributed by atoms with Gasteiger partial charge in [0.05, 0.1) is 0 Å². The summed E-state index contributed by atoms with van der Waals surface area (Å²) >= 11 is 0. The summed E-state index contributed by atoms with van der Waals surface area (Å²) in [6.07, 6.45) is 0. The van der Waals surface area contributed by atoms with Crippen LogP contribution in [0.1, 0.15) is 97.2 Å². The van der Waals surface area contributed by atoms with Crippen molar-refractivity contribution in [1.82, 2.24) is 0 Å². The Hall–Kier alpha value is -3.72. The van der Waals surface area contributed by atoms with E-state index in [2.05, 4.69) is 84.0 Å². The average Bonchev–Trinajstić information content (AvgIpc) is 2.89. The molecule has 0 aliphatic rings. The van der Waals surface area contributed by atoms with E-state index in [1.807, 2.05) is 39.8 Å². The average molecular weight is 537 g/mol. The molecule has 0 atom stereocenters. The van der Waals surface area contributed by atoms with Gasteiger partial charge in [-0.1, -0.05) is 96.1 Å². The molecule has 0 bridgehead atoms. The summed E-state index contributed by atoms with van der Waals surface area (Å²) in [5.74, 6) is 0.954. The minimum absolute atomic E-state index is 0.303. The Morgan fingerprint density at radius 2 is 0.650 bits per heavy atom. The molecule has 0 saturated heterocycles. The molecule has 4 aromatic rings. The van der Waals surface area contributed by atoms with Gasteiger partial charge in [-0.2, -0.15) is 0 Å². The maximum absolute atomic E-state index is 10.5. The van der Waals surface area contributed by atoms with Gasteiger partial charge in [-0.25, -0.2) is 0 Å². The predicted octanol–water partition coefficient (Wildman–Crippen LogP) is 9.01. The summed E-state index contributed by atoms with van der Waals surface area (Å²) in [6, 6.07) is 22.9. The molecule has 0 aliphatic heterocycles. The minimum atomic E-state index is -0.337. The van der Waals surface area contributed by atoms with Crippen LogP contribution in [0.2, 0.25) is 0 Å². The van der Waals surface area contributed by atoms with Gasteiger partial charge in [-0.15, -0.1) is 0 Å². The minimum Gasteiger partial charge on any atom is -0.508 e. The van der Waals surface area contributed by atoms with Gasteiger partial charge in [0, 0.05) is 16.2 Å². The summed E-state index contributed by atoms with van der Waals surface area (Å²) < 4.78 is 0. The lowest BCUT2D eigenvalue weighted by Crippen LogP contribution is -2.27. The number of aryl methyl sites for hydroxylation is 4. The number of hydrogen-bond acceptors (Lipinski definition) is 3. The lowest BCUT2D eigenvalue weighted by atomic mass is 9.69. The highest BCUT2D eigenvalue weighted by molar-refractivity contribution is 5.54. The molecule has 4 aromatic carbocycles. The van der Waals surface area contributed by atoms with Crippen LogP contribution in [0.25, 0.3) is 0 Å². The Kier molecular flexibility index (Phi) is 7.34. The zero-order valence-corrected chi connectivity index (χ0v) is 25.7. The Bertz CT molecular complexity index is 1480. The smallest absolute Gasteiger partial charge is 0.121 e. The zero-order valence-electron chi connectivity index (χ0n) is 25.7. The Morgan fingerprint density at radius 3 is 0.975 bits per heavy atom. The maximum Gasteiger partial charge on any atom is 0.121 e. The number of hydrogen-bond donors (Lipinski definition) is 3. The van der Waals surface area contributed by atoms with Crippen LogP contribution in [0.4, 0.5) is 0 Å². The fraction of sp³-hybridized carbons (Fsp3) is 0.351. The largest absolute Gasteiger partial charge is 0.508 e. The van der Waals surface area contributed by atoms with E-state index in [9.17, 15) is 15.3 Å². The van der Waals surface area contributed by atoms with Crippen molar-refractivity contribution < 1.29 is 15.3 Å². The van der Waals surface area contributed by atoms with Crippen LogP contribution in [0.5, 0.6) is 17.2 Å². The van der Waals surface area contributed by atoms with Gasteiger partial charge in [0.15, 0.2) is 0 Å². The van der Waals surface area contributed by atoms with Gasteiger partial charge < -0.3 is 15.3 Å². The highest BCUT2D eigenvalue weighted by Gasteiger charge is 2.33. The third-order valence-corrected chi connectivity index (χ3v) is 9.15. The second kappa shape index (κ2) is 10.0. The fourth-order valence-electron chi connectivity index (χ4n) is 5.62. The molecule has 0 fully saturated rings. The van der Waals surface area contributed by atoms with Crippen molar-refractivity contribution in [3.63, 3.8) is 0 Å². The van der Waals surface area contributed by atoms with Crippen molar-refractivity contribution in [2.75, 3.05) is 0 Å². The first-order valence-electron chi connectivity index (χ1n) is 14.0. The third kappa shape index (κ3) is 5.10. The summed E-state index contributed by atoms with van der Waals surface area (Å²) in [5, 5.41) is 30.9. The fourth-order valence-corrected chi connectivity index (χ4v) is 5.62. The summed E-state index contributed by atoms with van der Waals surface area (Å²) in [6.45, 7) is 21.2. The molecular formula is C37H44O3. The number of phenolic OH excluding ortho intramolecular Hbond substituents is 3. The van der Waals surface area contributed by atoms with Crippen LogP contribution >= 0.6 is 0 Å². The van der Waals surface area contributed by atoms with Gasteiger partial charge in [0.1, 0.15) is 17.2 Å². The van der Waals surface area contributed by atoms with Crippen molar-refractivity contribution in [1.29, 1.82) is 0 Å². The molecule has 3 nitrogen and oxygen atoms in total. The van der Waals surface area contributed by atoms with Crippen LogP contribution in [0.15, 0.2) is 66.7 Å². The normalized spacial score (nSPS) is 12.6. The van der Waals surface area contributed by atoms with Crippen LogP contribution in [0, 0.1) is 27.7 Å². The molecule has 0 aliphatic carbocycles. The molecule has 0 heterocycles. The number of rotatable bonds is 6. The number of phenols is 3. The second-order valence-corrected chi connectivity index (χ2v) is 13.1. The Morgan fingerprint density at radius 1 is 0.375 bits per heavy atom. The highest BCUT2D eigenvalue weighted by atomic mass is 16.3. The third-order valence-electron chi connectivity index (χ3n) is 9.15. The first-order chi connectivity index (χ1) is 18.5. The molecule has 0 spiro atoms. The molecule has 4 rings (SSSR count). The summed E-state index contributed by atoms with van der Waals surface area (Å²) in [7, 11) is 0. The molecule has 0 saturated carbocycles. The zero-order chi connectivity index (χ0) is 29.8. The van der Waals surface area contributed by atoms with Crippen LogP contribution in [0.3, 0.4) is 0 Å². The van der Waals surface area contributed by atoms with Gasteiger partial charge in [-0.3, -0.25) is 0 Å². The van der Waals surface area contributed by atoms with Crippen LogP contribution < -0.4 is 0 Å². The van der Waals surface area contributed by atoms with Crippen molar-refractivity contribution in [3.8, 4) is 17.2 Å². The van der Waals surface area contributed by atoms with Crippen molar-refractivity contribution in [3.05, 3.63) is 122 Å². The lowest BCUT2D eigenvalue weighted by molar-refractivity contribution is 0.465. The summed E-state index contributed by atoms with van der Waals surface area (Å²) in [5.41, 5.74) is 9.46. The molecule has 0 radical (unpaired) electrons. The first-order valence-corrected chi connectivity index (χ1v) is 14.0. The van der Waals surface area contributed by atoms with Gasteiger partial charge in [-0.05, 0) is 95.5 Å². The summed E-state index contributed by atoms with van der Waals surface area (Å²) in [4.78, 5) is 0. The Balaban J connectivity index is 1.99. The van der Waals surface area contributed by atoms with E-state index in [4.69, 9.17) is 0 Å². The SMILES string of the molecule is Cc1cc(C(C)(C)c2cc(C(C)(C)c3ccc(O)c(C)c3)cc(C(C)(C)c3cc(C)c(O)c(C)c3)c2)ccc1O. The highest BCUT2D eigenvalue weighted by Crippen LogP contribution is 2.43. The first kappa shape index (κ1) is 29.3. The monoisotopic (exact) mass is 536 g/mol. The predicted molar refractivity (Wildman–Crippen MR) is 166 cm³/mol. The quantitative estimate of drug-likeness (QED) is 0.230. The Labute approximate surface area is 240 Å². The molecule has 3 N–H and O–H groups in total. The molecule has 40 heavy (non-hydrogen) atoms. The molecular weight excluding hydrogens is 492 g/mol. The molecule has 0 unspecified atom stereocenters. The van der Waals surface area contributed by atoms with E-state index < -0.39 is 0 Å². The second-order valence-electron chi connectivity index (χ2n) is 13.1. The van der Waals surface area contributed by atoms with Gasteiger partial charge in [0.25, 0.3) is 0 Å².